The lowest BCUT2D eigenvalue weighted by atomic mass is 10.2. The van der Waals surface area contributed by atoms with Crippen LogP contribution in [-0.4, -0.2) is 18.2 Å². The minimum absolute atomic E-state index is 0.288. The Hall–Kier alpha value is -2.62. The van der Waals surface area contributed by atoms with E-state index in [2.05, 4.69) is 10.5 Å². The Morgan fingerprint density at radius 2 is 1.95 bits per heavy atom. The summed E-state index contributed by atoms with van der Waals surface area (Å²) in [5.74, 6) is 0.383. The van der Waals surface area contributed by atoms with Crippen molar-refractivity contribution >= 4 is 12.1 Å². The molecule has 2 aromatic rings. The molecule has 0 heterocycles. The van der Waals surface area contributed by atoms with E-state index in [0.717, 1.165) is 11.1 Å². The second-order valence-electron chi connectivity index (χ2n) is 4.72. The summed E-state index contributed by atoms with van der Waals surface area (Å²) in [7, 11) is 0. The number of hydrogen-bond donors (Lipinski definition) is 1. The molecule has 0 radical (unpaired) electrons. The van der Waals surface area contributed by atoms with Crippen LogP contribution in [0.3, 0.4) is 0 Å². The first-order chi connectivity index (χ1) is 10.1. The number of benzene rings is 2. The SMILES string of the molecule is Cc1cccc(O[C@H](C)C(=O)NN=Cc2ccccc2)c1. The van der Waals surface area contributed by atoms with E-state index in [0.29, 0.717) is 5.75 Å². The number of hydrazone groups is 1. The van der Waals surface area contributed by atoms with E-state index in [1.165, 1.54) is 0 Å². The molecule has 0 aromatic heterocycles. The molecular formula is C17H18N2O2. The number of rotatable bonds is 5. The van der Waals surface area contributed by atoms with Crippen LogP contribution < -0.4 is 10.2 Å². The third-order valence-electron chi connectivity index (χ3n) is 2.86. The molecule has 1 amide bonds. The van der Waals surface area contributed by atoms with Crippen molar-refractivity contribution in [3.05, 3.63) is 65.7 Å². The van der Waals surface area contributed by atoms with Crippen molar-refractivity contribution in [3.63, 3.8) is 0 Å². The average Bonchev–Trinajstić information content (AvgIpc) is 2.48. The summed E-state index contributed by atoms with van der Waals surface area (Å²) in [5.41, 5.74) is 4.48. The van der Waals surface area contributed by atoms with E-state index in [1.807, 2.05) is 61.5 Å². The van der Waals surface area contributed by atoms with E-state index in [1.54, 1.807) is 13.1 Å². The third-order valence-corrected chi connectivity index (χ3v) is 2.86. The highest BCUT2D eigenvalue weighted by Crippen LogP contribution is 2.14. The highest BCUT2D eigenvalue weighted by molar-refractivity contribution is 5.84. The van der Waals surface area contributed by atoms with Gasteiger partial charge in [-0.15, -0.1) is 0 Å². The van der Waals surface area contributed by atoms with Gasteiger partial charge in [0, 0.05) is 0 Å². The molecule has 2 rings (SSSR count). The summed E-state index contributed by atoms with van der Waals surface area (Å²) in [6, 6.07) is 17.1. The van der Waals surface area contributed by atoms with Gasteiger partial charge in [-0.1, -0.05) is 42.5 Å². The lowest BCUT2D eigenvalue weighted by Crippen LogP contribution is -2.33. The van der Waals surface area contributed by atoms with Crippen molar-refractivity contribution in [3.8, 4) is 5.75 Å². The molecule has 1 N–H and O–H groups in total. The third kappa shape index (κ3) is 4.76. The predicted molar refractivity (Wildman–Crippen MR) is 83.4 cm³/mol. The first kappa shape index (κ1) is 14.8. The van der Waals surface area contributed by atoms with Crippen molar-refractivity contribution in [1.82, 2.24) is 5.43 Å². The monoisotopic (exact) mass is 282 g/mol. The van der Waals surface area contributed by atoms with Crippen molar-refractivity contribution in [2.45, 2.75) is 20.0 Å². The maximum atomic E-state index is 11.9. The summed E-state index contributed by atoms with van der Waals surface area (Å²) in [5, 5.41) is 3.92. The first-order valence-corrected chi connectivity index (χ1v) is 6.76. The average molecular weight is 282 g/mol. The van der Waals surface area contributed by atoms with Gasteiger partial charge in [-0.2, -0.15) is 5.10 Å². The molecule has 0 saturated carbocycles. The molecule has 0 unspecified atom stereocenters. The molecule has 21 heavy (non-hydrogen) atoms. The van der Waals surface area contributed by atoms with Gasteiger partial charge in [0.2, 0.25) is 0 Å². The van der Waals surface area contributed by atoms with Crippen LogP contribution >= 0.6 is 0 Å². The zero-order valence-electron chi connectivity index (χ0n) is 12.1. The largest absolute Gasteiger partial charge is 0.481 e. The van der Waals surface area contributed by atoms with Crippen molar-refractivity contribution in [1.29, 1.82) is 0 Å². The number of carbonyl (C=O) groups excluding carboxylic acids is 1. The second-order valence-corrected chi connectivity index (χ2v) is 4.72. The number of ether oxygens (including phenoxy) is 1. The fourth-order valence-corrected chi connectivity index (χ4v) is 1.75. The minimum Gasteiger partial charge on any atom is -0.481 e. The first-order valence-electron chi connectivity index (χ1n) is 6.76. The standard InChI is InChI=1S/C17H18N2O2/c1-13-7-6-10-16(11-13)21-14(2)17(20)19-18-12-15-8-4-3-5-9-15/h3-12,14H,1-2H3,(H,19,20)/t14-/m1/s1. The highest BCUT2D eigenvalue weighted by atomic mass is 16.5. The van der Waals surface area contributed by atoms with Crippen molar-refractivity contribution in [2.24, 2.45) is 5.10 Å². The summed E-state index contributed by atoms with van der Waals surface area (Å²) in [6.45, 7) is 3.66. The molecule has 2 aromatic carbocycles. The zero-order chi connectivity index (χ0) is 15.1. The van der Waals surface area contributed by atoms with Crippen LogP contribution in [0.4, 0.5) is 0 Å². The van der Waals surface area contributed by atoms with Gasteiger partial charge >= 0.3 is 0 Å². The molecule has 108 valence electrons. The Labute approximate surface area is 124 Å². The molecule has 0 spiro atoms. The normalized spacial score (nSPS) is 12.1. The van der Waals surface area contributed by atoms with Gasteiger partial charge in [-0.3, -0.25) is 4.79 Å². The number of carbonyl (C=O) groups is 1. The summed E-state index contributed by atoms with van der Waals surface area (Å²) >= 11 is 0. The Morgan fingerprint density at radius 3 is 2.67 bits per heavy atom. The Kier molecular flexibility index (Phi) is 5.10. The van der Waals surface area contributed by atoms with E-state index in [-0.39, 0.29) is 5.91 Å². The van der Waals surface area contributed by atoms with E-state index in [9.17, 15) is 4.79 Å². The van der Waals surface area contributed by atoms with Crippen molar-refractivity contribution < 1.29 is 9.53 Å². The molecule has 0 fully saturated rings. The number of aryl methyl sites for hydroxylation is 1. The van der Waals surface area contributed by atoms with E-state index < -0.39 is 6.10 Å². The van der Waals surface area contributed by atoms with Crippen LogP contribution in [0.25, 0.3) is 0 Å². The van der Waals surface area contributed by atoms with Crippen LogP contribution in [0.2, 0.25) is 0 Å². The second kappa shape index (κ2) is 7.24. The molecule has 1 atom stereocenters. The topological polar surface area (TPSA) is 50.7 Å². The molecule has 0 aliphatic heterocycles. The van der Waals surface area contributed by atoms with Crippen LogP contribution in [-0.2, 0) is 4.79 Å². The Morgan fingerprint density at radius 1 is 1.19 bits per heavy atom. The summed E-state index contributed by atoms with van der Waals surface area (Å²) in [4.78, 5) is 11.9. The number of nitrogens with zero attached hydrogens (tertiary/aromatic N) is 1. The van der Waals surface area contributed by atoms with Crippen LogP contribution in [0, 0.1) is 6.92 Å². The van der Waals surface area contributed by atoms with Crippen LogP contribution in [0.5, 0.6) is 5.75 Å². The predicted octanol–water partition coefficient (Wildman–Crippen LogP) is 2.91. The lowest BCUT2D eigenvalue weighted by molar-refractivity contribution is -0.127. The van der Waals surface area contributed by atoms with Crippen LogP contribution in [0.1, 0.15) is 18.1 Å². The molecule has 4 nitrogen and oxygen atoms in total. The van der Waals surface area contributed by atoms with Gasteiger partial charge in [0.25, 0.3) is 5.91 Å². The van der Waals surface area contributed by atoms with Crippen molar-refractivity contribution in [2.75, 3.05) is 0 Å². The molecule has 0 aliphatic carbocycles. The maximum Gasteiger partial charge on any atom is 0.280 e. The number of hydrogen-bond acceptors (Lipinski definition) is 3. The molecule has 0 bridgehead atoms. The number of nitrogens with one attached hydrogen (secondary N) is 1. The van der Waals surface area contributed by atoms with Gasteiger partial charge in [0.05, 0.1) is 6.21 Å². The smallest absolute Gasteiger partial charge is 0.280 e. The van der Waals surface area contributed by atoms with E-state index >= 15 is 0 Å². The number of amides is 1. The summed E-state index contributed by atoms with van der Waals surface area (Å²) < 4.78 is 5.57. The van der Waals surface area contributed by atoms with Gasteiger partial charge in [-0.25, -0.2) is 5.43 Å². The highest BCUT2D eigenvalue weighted by Gasteiger charge is 2.13. The Balaban J connectivity index is 1.87. The van der Waals surface area contributed by atoms with Gasteiger partial charge in [-0.05, 0) is 37.1 Å². The summed E-state index contributed by atoms with van der Waals surface area (Å²) in [6.07, 6.45) is 0.983. The quantitative estimate of drug-likeness (QED) is 0.677. The van der Waals surface area contributed by atoms with Gasteiger partial charge < -0.3 is 4.74 Å². The minimum atomic E-state index is -0.611. The zero-order valence-corrected chi connectivity index (χ0v) is 12.1. The lowest BCUT2D eigenvalue weighted by Gasteiger charge is -2.13. The molecular weight excluding hydrogens is 264 g/mol. The van der Waals surface area contributed by atoms with Gasteiger partial charge in [0.15, 0.2) is 6.10 Å². The fraction of sp³-hybridized carbons (Fsp3) is 0.176. The van der Waals surface area contributed by atoms with E-state index in [4.69, 9.17) is 4.74 Å². The molecule has 4 heteroatoms. The van der Waals surface area contributed by atoms with Crippen LogP contribution in [0.15, 0.2) is 59.7 Å². The Bertz CT molecular complexity index is 624. The van der Waals surface area contributed by atoms with Gasteiger partial charge in [0.1, 0.15) is 5.75 Å². The molecule has 0 saturated heterocycles. The fourth-order valence-electron chi connectivity index (χ4n) is 1.75. The molecule has 0 aliphatic rings. The maximum absolute atomic E-state index is 11.9.